The number of rotatable bonds is 6. The van der Waals surface area contributed by atoms with Gasteiger partial charge in [-0.3, -0.25) is 4.79 Å². The van der Waals surface area contributed by atoms with Crippen LogP contribution in [-0.4, -0.2) is 23.1 Å². The van der Waals surface area contributed by atoms with E-state index in [9.17, 15) is 9.59 Å². The lowest BCUT2D eigenvalue weighted by Gasteiger charge is -2.20. The minimum Gasteiger partial charge on any atom is -0.481 e. The Hall–Kier alpha value is -1.56. The number of nitrogens with one attached hydrogen (secondary N) is 2. The number of halogens is 1. The van der Waals surface area contributed by atoms with Gasteiger partial charge < -0.3 is 15.7 Å². The molecule has 1 rings (SSSR count). The monoisotopic (exact) mass is 342 g/mol. The van der Waals surface area contributed by atoms with Crippen molar-refractivity contribution in [2.45, 2.75) is 32.9 Å². The van der Waals surface area contributed by atoms with Crippen LogP contribution in [0, 0.1) is 5.92 Å². The molecule has 0 saturated heterocycles. The molecule has 2 amide bonds. The van der Waals surface area contributed by atoms with Crippen molar-refractivity contribution in [1.29, 1.82) is 0 Å². The van der Waals surface area contributed by atoms with Crippen molar-refractivity contribution in [2.24, 2.45) is 5.92 Å². The molecule has 6 heteroatoms. The maximum absolute atomic E-state index is 11.8. The summed E-state index contributed by atoms with van der Waals surface area (Å²) in [4.78, 5) is 22.5. The molecule has 0 spiro atoms. The van der Waals surface area contributed by atoms with E-state index in [0.29, 0.717) is 6.54 Å². The Balaban J connectivity index is 2.45. The van der Waals surface area contributed by atoms with E-state index in [2.05, 4.69) is 26.6 Å². The number of amides is 2. The van der Waals surface area contributed by atoms with Crippen molar-refractivity contribution in [3.8, 4) is 0 Å². The van der Waals surface area contributed by atoms with Crippen molar-refractivity contribution in [3.05, 3.63) is 34.3 Å². The number of carbonyl (C=O) groups is 2. The minimum absolute atomic E-state index is 0.0598. The zero-order valence-electron chi connectivity index (χ0n) is 11.5. The molecular weight excluding hydrogens is 324 g/mol. The van der Waals surface area contributed by atoms with Crippen LogP contribution in [0.15, 0.2) is 28.7 Å². The van der Waals surface area contributed by atoms with E-state index in [-0.39, 0.29) is 24.4 Å². The standard InChI is InChI=1S/C14H19BrN2O3/c1-9(2)12(7-13(18)19)17-14(20)16-8-10-3-5-11(15)6-4-10/h3-6,9,12H,7-8H2,1-2H3,(H,18,19)(H2,16,17,20). The van der Waals surface area contributed by atoms with E-state index in [1.54, 1.807) is 0 Å². The van der Waals surface area contributed by atoms with E-state index in [4.69, 9.17) is 5.11 Å². The van der Waals surface area contributed by atoms with Gasteiger partial charge in [0.1, 0.15) is 0 Å². The first-order chi connectivity index (χ1) is 9.38. The van der Waals surface area contributed by atoms with Gasteiger partial charge in [0.05, 0.1) is 6.42 Å². The molecule has 0 bridgehead atoms. The predicted molar refractivity (Wildman–Crippen MR) is 80.4 cm³/mol. The molecular formula is C14H19BrN2O3. The first kappa shape index (κ1) is 16.5. The first-order valence-corrected chi connectivity index (χ1v) is 7.18. The molecule has 0 aromatic heterocycles. The second-order valence-corrected chi connectivity index (χ2v) is 5.82. The number of aliphatic carboxylic acids is 1. The van der Waals surface area contributed by atoms with Crippen LogP contribution in [0.25, 0.3) is 0 Å². The van der Waals surface area contributed by atoms with Crippen LogP contribution >= 0.6 is 15.9 Å². The quantitative estimate of drug-likeness (QED) is 0.743. The van der Waals surface area contributed by atoms with Crippen molar-refractivity contribution >= 4 is 27.9 Å². The smallest absolute Gasteiger partial charge is 0.315 e. The largest absolute Gasteiger partial charge is 0.481 e. The third kappa shape index (κ3) is 6.06. The van der Waals surface area contributed by atoms with Gasteiger partial charge in [-0.25, -0.2) is 4.79 Å². The third-order valence-electron chi connectivity index (χ3n) is 2.88. The molecule has 0 fully saturated rings. The molecule has 1 atom stereocenters. The van der Waals surface area contributed by atoms with E-state index in [0.717, 1.165) is 10.0 Å². The highest BCUT2D eigenvalue weighted by Gasteiger charge is 2.19. The zero-order valence-corrected chi connectivity index (χ0v) is 13.1. The van der Waals surface area contributed by atoms with Crippen LogP contribution in [-0.2, 0) is 11.3 Å². The van der Waals surface area contributed by atoms with Gasteiger partial charge in [-0.2, -0.15) is 0 Å². The molecule has 20 heavy (non-hydrogen) atoms. The summed E-state index contributed by atoms with van der Waals surface area (Å²) in [6, 6.07) is 6.88. The Kier molecular flexibility index (Phi) is 6.51. The number of carboxylic acids is 1. The van der Waals surface area contributed by atoms with E-state index < -0.39 is 5.97 Å². The second-order valence-electron chi connectivity index (χ2n) is 4.90. The highest BCUT2D eigenvalue weighted by atomic mass is 79.9. The SMILES string of the molecule is CC(C)C(CC(=O)O)NC(=O)NCc1ccc(Br)cc1. The minimum atomic E-state index is -0.920. The van der Waals surface area contributed by atoms with E-state index >= 15 is 0 Å². The average Bonchev–Trinajstić information content (AvgIpc) is 2.36. The summed E-state index contributed by atoms with van der Waals surface area (Å²) in [5, 5.41) is 14.2. The van der Waals surface area contributed by atoms with Crippen LogP contribution in [0.1, 0.15) is 25.8 Å². The van der Waals surface area contributed by atoms with Gasteiger partial charge in [0.25, 0.3) is 0 Å². The Morgan fingerprint density at radius 1 is 1.25 bits per heavy atom. The normalized spacial score (nSPS) is 12.0. The fraction of sp³-hybridized carbons (Fsp3) is 0.429. The van der Waals surface area contributed by atoms with Crippen molar-refractivity contribution in [1.82, 2.24) is 10.6 Å². The molecule has 0 saturated carbocycles. The molecule has 0 aliphatic rings. The molecule has 3 N–H and O–H groups in total. The molecule has 1 unspecified atom stereocenters. The molecule has 5 nitrogen and oxygen atoms in total. The summed E-state index contributed by atoms with van der Waals surface area (Å²) < 4.78 is 0.979. The number of urea groups is 1. The van der Waals surface area contributed by atoms with Gasteiger partial charge in [0.15, 0.2) is 0 Å². The lowest BCUT2D eigenvalue weighted by Crippen LogP contribution is -2.45. The Morgan fingerprint density at radius 2 is 1.85 bits per heavy atom. The van der Waals surface area contributed by atoms with Crippen LogP contribution in [0.2, 0.25) is 0 Å². The topological polar surface area (TPSA) is 78.4 Å². The molecule has 0 aliphatic heterocycles. The van der Waals surface area contributed by atoms with Crippen LogP contribution in [0.5, 0.6) is 0 Å². The molecule has 1 aromatic rings. The van der Waals surface area contributed by atoms with Crippen molar-refractivity contribution in [2.75, 3.05) is 0 Å². The fourth-order valence-corrected chi connectivity index (χ4v) is 1.91. The van der Waals surface area contributed by atoms with Crippen LogP contribution in [0.4, 0.5) is 4.79 Å². The van der Waals surface area contributed by atoms with Gasteiger partial charge in [0.2, 0.25) is 0 Å². The fourth-order valence-electron chi connectivity index (χ4n) is 1.65. The zero-order chi connectivity index (χ0) is 15.1. The maximum atomic E-state index is 11.8. The lowest BCUT2D eigenvalue weighted by atomic mass is 10.0. The van der Waals surface area contributed by atoms with Gasteiger partial charge in [-0.05, 0) is 23.6 Å². The Labute approximate surface area is 126 Å². The summed E-state index contributed by atoms with van der Waals surface area (Å²) in [6.07, 6.45) is -0.0800. The number of hydrogen-bond donors (Lipinski definition) is 3. The summed E-state index contributed by atoms with van der Waals surface area (Å²) in [5.74, 6) is -0.860. The van der Waals surface area contributed by atoms with E-state index in [1.165, 1.54) is 0 Å². The second kappa shape index (κ2) is 7.89. The van der Waals surface area contributed by atoms with Crippen LogP contribution < -0.4 is 10.6 Å². The van der Waals surface area contributed by atoms with Crippen molar-refractivity contribution < 1.29 is 14.7 Å². The average molecular weight is 343 g/mol. The summed E-state index contributed by atoms with van der Waals surface area (Å²) >= 11 is 3.34. The van der Waals surface area contributed by atoms with Gasteiger partial charge in [0, 0.05) is 17.1 Å². The molecule has 0 radical (unpaired) electrons. The Morgan fingerprint density at radius 3 is 2.35 bits per heavy atom. The van der Waals surface area contributed by atoms with Crippen molar-refractivity contribution in [3.63, 3.8) is 0 Å². The third-order valence-corrected chi connectivity index (χ3v) is 3.41. The summed E-state index contributed by atoms with van der Waals surface area (Å²) in [5.41, 5.74) is 0.975. The molecule has 0 aliphatic carbocycles. The number of benzene rings is 1. The summed E-state index contributed by atoms with van der Waals surface area (Å²) in [7, 11) is 0. The molecule has 1 aromatic carbocycles. The van der Waals surface area contributed by atoms with Crippen LogP contribution in [0.3, 0.4) is 0 Å². The summed E-state index contributed by atoms with van der Waals surface area (Å²) in [6.45, 7) is 4.15. The molecule has 110 valence electrons. The maximum Gasteiger partial charge on any atom is 0.315 e. The number of hydrogen-bond acceptors (Lipinski definition) is 2. The molecule has 0 heterocycles. The highest BCUT2D eigenvalue weighted by Crippen LogP contribution is 2.10. The predicted octanol–water partition coefficient (Wildman–Crippen LogP) is 2.75. The van der Waals surface area contributed by atoms with Gasteiger partial charge >= 0.3 is 12.0 Å². The lowest BCUT2D eigenvalue weighted by molar-refractivity contribution is -0.137. The Bertz CT molecular complexity index is 460. The first-order valence-electron chi connectivity index (χ1n) is 6.39. The van der Waals surface area contributed by atoms with Gasteiger partial charge in [-0.1, -0.05) is 41.9 Å². The number of carbonyl (C=O) groups excluding carboxylic acids is 1. The van der Waals surface area contributed by atoms with E-state index in [1.807, 2.05) is 38.1 Å². The highest BCUT2D eigenvalue weighted by molar-refractivity contribution is 9.10. The number of carboxylic acid groups (broad SMARTS) is 1. The van der Waals surface area contributed by atoms with Gasteiger partial charge in [-0.15, -0.1) is 0 Å².